The normalized spacial score (nSPS) is 16.9. The van der Waals surface area contributed by atoms with Gasteiger partial charge >= 0.3 is 0 Å². The van der Waals surface area contributed by atoms with E-state index in [0.717, 1.165) is 28.3 Å². The number of halogens is 2. The fourth-order valence-electron chi connectivity index (χ4n) is 4.72. The fraction of sp³-hybridized carbons (Fsp3) is 0.179. The van der Waals surface area contributed by atoms with Crippen molar-refractivity contribution in [3.05, 3.63) is 106 Å². The zero-order chi connectivity index (χ0) is 26.8. The van der Waals surface area contributed by atoms with Crippen LogP contribution >= 0.6 is 35.4 Å². The van der Waals surface area contributed by atoms with Crippen LogP contribution in [0, 0.1) is 6.92 Å². The third kappa shape index (κ3) is 5.13. The van der Waals surface area contributed by atoms with E-state index in [-0.39, 0.29) is 24.6 Å². The van der Waals surface area contributed by atoms with Gasteiger partial charge in [-0.3, -0.25) is 9.78 Å². The highest BCUT2D eigenvalue weighted by molar-refractivity contribution is 7.80. The molecule has 2 aromatic carbocycles. The van der Waals surface area contributed by atoms with Gasteiger partial charge < -0.3 is 24.8 Å². The number of hydrogen-bond donors (Lipinski definition) is 2. The second kappa shape index (κ2) is 11.1. The quantitative estimate of drug-likeness (QED) is 0.258. The van der Waals surface area contributed by atoms with Gasteiger partial charge in [-0.1, -0.05) is 29.3 Å². The number of carbonyl (C=O) groups is 1. The van der Waals surface area contributed by atoms with Gasteiger partial charge in [0, 0.05) is 41.6 Å². The lowest BCUT2D eigenvalue weighted by Crippen LogP contribution is -2.30. The number of aryl methyl sites for hydroxylation is 1. The molecule has 1 saturated heterocycles. The zero-order valence-corrected chi connectivity index (χ0v) is 23.0. The summed E-state index contributed by atoms with van der Waals surface area (Å²) in [5.41, 5.74) is 5.11. The molecule has 1 fully saturated rings. The molecule has 2 atom stereocenters. The molecule has 3 heterocycles. The monoisotopic (exact) mass is 565 g/mol. The topological polar surface area (TPSA) is 71.4 Å². The first-order valence-electron chi connectivity index (χ1n) is 11.9. The first-order chi connectivity index (χ1) is 18.4. The number of rotatable bonds is 7. The molecule has 4 aromatic rings. The van der Waals surface area contributed by atoms with Gasteiger partial charge in [-0.25, -0.2) is 0 Å². The first-order valence-corrected chi connectivity index (χ1v) is 13.1. The lowest BCUT2D eigenvalue weighted by Gasteiger charge is -2.29. The van der Waals surface area contributed by atoms with Crippen molar-refractivity contribution in [2.45, 2.75) is 19.0 Å². The van der Waals surface area contributed by atoms with E-state index in [2.05, 4.69) is 26.6 Å². The van der Waals surface area contributed by atoms with Gasteiger partial charge in [0.25, 0.3) is 0 Å². The maximum Gasteiger partial charge on any atom is 0.250 e. The van der Waals surface area contributed by atoms with Gasteiger partial charge in [0.1, 0.15) is 12.6 Å². The lowest BCUT2D eigenvalue weighted by atomic mass is 10.00. The van der Waals surface area contributed by atoms with Crippen molar-refractivity contribution in [1.29, 1.82) is 0 Å². The van der Waals surface area contributed by atoms with E-state index in [9.17, 15) is 4.79 Å². The number of thiocarbonyl (C=S) groups is 1. The second-order valence-corrected chi connectivity index (χ2v) is 10.1. The number of aromatic nitrogens is 2. The molecule has 1 aliphatic rings. The molecule has 0 bridgehead atoms. The number of nitrogens with one attached hydrogen (secondary N) is 2. The van der Waals surface area contributed by atoms with Crippen LogP contribution in [0.2, 0.25) is 10.0 Å². The standard InChI is InChI=1S/C28H25Cl2N5O2S/c1-17-14-19(9-10-21(17)32-25(36)16-37-2)35-27(26(33-28(35)38)22-6-3-4-12-31-22)24-7-5-13-34(24)23-11-8-18(29)15-20(23)30/h3-15,26-27H,16H2,1-2H3,(H,32,36)(H,33,38)/t26-,27+/m0/s1. The van der Waals surface area contributed by atoms with Crippen LogP contribution in [-0.2, 0) is 9.53 Å². The molecular formula is C28H25Cl2N5O2S. The Morgan fingerprint density at radius 3 is 2.68 bits per heavy atom. The molecule has 194 valence electrons. The van der Waals surface area contributed by atoms with Crippen LogP contribution in [0.15, 0.2) is 79.1 Å². The summed E-state index contributed by atoms with van der Waals surface area (Å²) >= 11 is 18.7. The van der Waals surface area contributed by atoms with Crippen LogP contribution in [-0.4, -0.2) is 34.3 Å². The summed E-state index contributed by atoms with van der Waals surface area (Å²) in [5, 5.41) is 8.04. The average molecular weight is 567 g/mol. The van der Waals surface area contributed by atoms with Gasteiger partial charge in [-0.05, 0) is 85.4 Å². The molecule has 38 heavy (non-hydrogen) atoms. The smallest absolute Gasteiger partial charge is 0.250 e. The van der Waals surface area contributed by atoms with Crippen LogP contribution in [0.25, 0.3) is 5.69 Å². The maximum atomic E-state index is 12.1. The summed E-state index contributed by atoms with van der Waals surface area (Å²) < 4.78 is 6.99. The summed E-state index contributed by atoms with van der Waals surface area (Å²) in [6.07, 6.45) is 3.75. The molecule has 2 N–H and O–H groups in total. The highest BCUT2D eigenvalue weighted by Crippen LogP contribution is 2.43. The number of benzene rings is 2. The number of methoxy groups -OCH3 is 1. The molecule has 2 aromatic heterocycles. The number of amides is 1. The fourth-order valence-corrected chi connectivity index (χ4v) is 5.57. The van der Waals surface area contributed by atoms with Crippen molar-refractivity contribution in [1.82, 2.24) is 14.9 Å². The highest BCUT2D eigenvalue weighted by atomic mass is 35.5. The maximum absolute atomic E-state index is 12.1. The predicted molar refractivity (Wildman–Crippen MR) is 155 cm³/mol. The van der Waals surface area contributed by atoms with E-state index >= 15 is 0 Å². The molecule has 5 rings (SSSR count). The molecule has 0 unspecified atom stereocenters. The Bertz CT molecular complexity index is 1490. The van der Waals surface area contributed by atoms with Crippen molar-refractivity contribution < 1.29 is 9.53 Å². The number of nitrogens with zero attached hydrogens (tertiary/aromatic N) is 3. The predicted octanol–water partition coefficient (Wildman–Crippen LogP) is 6.25. The molecule has 1 aliphatic heterocycles. The molecule has 0 aliphatic carbocycles. The van der Waals surface area contributed by atoms with Gasteiger partial charge in [0.2, 0.25) is 5.91 Å². The minimum atomic E-state index is -0.257. The van der Waals surface area contributed by atoms with E-state index in [1.807, 2.05) is 72.3 Å². The van der Waals surface area contributed by atoms with Crippen molar-refractivity contribution in [3.63, 3.8) is 0 Å². The summed E-state index contributed by atoms with van der Waals surface area (Å²) in [5.74, 6) is -0.215. The van der Waals surface area contributed by atoms with E-state index in [0.29, 0.717) is 20.8 Å². The van der Waals surface area contributed by atoms with Gasteiger partial charge in [0.05, 0.1) is 22.4 Å². The SMILES string of the molecule is COCC(=O)Nc1ccc(N2C(=S)N[C@@H](c3ccccn3)[C@H]2c2cccn2-c2ccc(Cl)cc2Cl)cc1C. The van der Waals surface area contributed by atoms with Crippen LogP contribution in [0.1, 0.15) is 29.0 Å². The molecule has 0 saturated carbocycles. The van der Waals surface area contributed by atoms with Crippen molar-refractivity contribution in [2.24, 2.45) is 0 Å². The van der Waals surface area contributed by atoms with E-state index in [1.165, 1.54) is 7.11 Å². The van der Waals surface area contributed by atoms with Gasteiger partial charge in [-0.15, -0.1) is 0 Å². The molecule has 10 heteroatoms. The lowest BCUT2D eigenvalue weighted by molar-refractivity contribution is -0.119. The Morgan fingerprint density at radius 2 is 1.97 bits per heavy atom. The van der Waals surface area contributed by atoms with E-state index in [1.54, 1.807) is 12.3 Å². The zero-order valence-electron chi connectivity index (χ0n) is 20.7. The number of anilines is 2. The third-order valence-electron chi connectivity index (χ3n) is 6.39. The van der Waals surface area contributed by atoms with Gasteiger partial charge in [-0.2, -0.15) is 0 Å². The van der Waals surface area contributed by atoms with E-state index in [4.69, 9.17) is 40.2 Å². The Kier molecular flexibility index (Phi) is 7.67. The van der Waals surface area contributed by atoms with Crippen molar-refractivity contribution in [2.75, 3.05) is 23.9 Å². The molecule has 7 nitrogen and oxygen atoms in total. The third-order valence-corrected chi connectivity index (χ3v) is 7.24. The molecule has 0 radical (unpaired) electrons. The highest BCUT2D eigenvalue weighted by Gasteiger charge is 2.42. The molecule has 0 spiro atoms. The Labute approximate surface area is 236 Å². The van der Waals surface area contributed by atoms with Gasteiger partial charge in [0.15, 0.2) is 5.11 Å². The number of hydrogen-bond acceptors (Lipinski definition) is 4. The van der Waals surface area contributed by atoms with Crippen molar-refractivity contribution in [3.8, 4) is 5.69 Å². The Morgan fingerprint density at radius 1 is 1.13 bits per heavy atom. The first kappa shape index (κ1) is 26.2. The minimum absolute atomic E-state index is 0.0145. The van der Waals surface area contributed by atoms with E-state index < -0.39 is 0 Å². The van der Waals surface area contributed by atoms with Crippen molar-refractivity contribution >= 4 is 57.8 Å². The minimum Gasteiger partial charge on any atom is -0.375 e. The van der Waals surface area contributed by atoms with Crippen LogP contribution in [0.5, 0.6) is 0 Å². The second-order valence-electron chi connectivity index (χ2n) is 8.88. The number of ether oxygens (including phenoxy) is 1. The average Bonchev–Trinajstić information content (AvgIpc) is 3.50. The Balaban J connectivity index is 1.60. The van der Waals surface area contributed by atoms with Crippen LogP contribution in [0.4, 0.5) is 11.4 Å². The number of pyridine rings is 1. The largest absolute Gasteiger partial charge is 0.375 e. The molecule has 1 amide bonds. The molecular weight excluding hydrogens is 541 g/mol. The summed E-state index contributed by atoms with van der Waals surface area (Å²) in [6, 6.07) is 20.7. The summed E-state index contributed by atoms with van der Waals surface area (Å²) in [6.45, 7) is 1.93. The van der Waals surface area contributed by atoms with Crippen LogP contribution in [0.3, 0.4) is 0 Å². The number of carbonyl (C=O) groups excluding carboxylic acids is 1. The Hall–Kier alpha value is -3.43. The summed E-state index contributed by atoms with van der Waals surface area (Å²) in [4.78, 5) is 18.8. The summed E-state index contributed by atoms with van der Waals surface area (Å²) in [7, 11) is 1.49. The van der Waals surface area contributed by atoms with Crippen LogP contribution < -0.4 is 15.5 Å².